The van der Waals surface area contributed by atoms with Gasteiger partial charge in [-0.1, -0.05) is 40.9 Å². The Hall–Kier alpha value is -1.13. The van der Waals surface area contributed by atoms with Crippen LogP contribution in [0.5, 0.6) is 0 Å². The predicted octanol–water partition coefficient (Wildman–Crippen LogP) is 3.22. The van der Waals surface area contributed by atoms with Gasteiger partial charge in [0, 0.05) is 17.6 Å². The molecule has 0 heterocycles. The van der Waals surface area contributed by atoms with E-state index in [0.717, 1.165) is 35.7 Å². The van der Waals surface area contributed by atoms with Gasteiger partial charge in [-0.3, -0.25) is 4.79 Å². The van der Waals surface area contributed by atoms with Gasteiger partial charge in [0.1, 0.15) is 0 Å². The number of aliphatic hydroxyl groups excluding tert-OH is 1. The van der Waals surface area contributed by atoms with Crippen LogP contribution in [0.25, 0.3) is 6.08 Å². The van der Waals surface area contributed by atoms with E-state index >= 15 is 0 Å². The summed E-state index contributed by atoms with van der Waals surface area (Å²) in [5.41, 5.74) is 0.977. The number of halogens is 1. The van der Waals surface area contributed by atoms with Crippen LogP contribution in [-0.2, 0) is 4.79 Å². The van der Waals surface area contributed by atoms with Gasteiger partial charge >= 0.3 is 0 Å². The van der Waals surface area contributed by atoms with Crippen LogP contribution in [-0.4, -0.2) is 35.1 Å². The van der Waals surface area contributed by atoms with Crippen molar-refractivity contribution in [1.29, 1.82) is 0 Å². The van der Waals surface area contributed by atoms with Crippen LogP contribution in [0.15, 0.2) is 34.8 Å². The molecule has 3 nitrogen and oxygen atoms in total. The highest BCUT2D eigenvalue weighted by Gasteiger charge is 2.28. The smallest absolute Gasteiger partial charge is 0.246 e. The molecule has 0 spiro atoms. The minimum Gasteiger partial charge on any atom is -0.391 e. The van der Waals surface area contributed by atoms with Gasteiger partial charge in [-0.05, 0) is 36.6 Å². The van der Waals surface area contributed by atoms with Crippen LogP contribution < -0.4 is 0 Å². The van der Waals surface area contributed by atoms with Crippen LogP contribution in [0.2, 0.25) is 0 Å². The third-order valence-electron chi connectivity index (χ3n) is 3.81. The molecule has 0 aromatic heterocycles. The molecule has 20 heavy (non-hydrogen) atoms. The Balaban J connectivity index is 2.00. The summed E-state index contributed by atoms with van der Waals surface area (Å²) < 4.78 is 0.989. The topological polar surface area (TPSA) is 40.5 Å². The highest BCUT2D eigenvalue weighted by Crippen LogP contribution is 2.22. The molecule has 0 bridgehead atoms. The van der Waals surface area contributed by atoms with Crippen LogP contribution in [0.3, 0.4) is 0 Å². The summed E-state index contributed by atoms with van der Waals surface area (Å²) >= 11 is 3.41. The first-order chi connectivity index (χ1) is 9.58. The average Bonchev–Trinajstić information content (AvgIpc) is 2.44. The summed E-state index contributed by atoms with van der Waals surface area (Å²) in [4.78, 5) is 13.8. The van der Waals surface area contributed by atoms with E-state index in [9.17, 15) is 9.90 Å². The van der Waals surface area contributed by atoms with Gasteiger partial charge < -0.3 is 10.0 Å². The minimum atomic E-state index is -0.392. The van der Waals surface area contributed by atoms with E-state index in [-0.39, 0.29) is 11.9 Å². The first-order valence-corrected chi connectivity index (χ1v) is 7.76. The quantitative estimate of drug-likeness (QED) is 0.860. The Morgan fingerprint density at radius 1 is 1.40 bits per heavy atom. The number of carbonyl (C=O) groups is 1. The highest BCUT2D eigenvalue weighted by molar-refractivity contribution is 9.10. The van der Waals surface area contributed by atoms with Gasteiger partial charge in [0.15, 0.2) is 0 Å². The van der Waals surface area contributed by atoms with Gasteiger partial charge in [-0.25, -0.2) is 0 Å². The van der Waals surface area contributed by atoms with Gasteiger partial charge in [-0.2, -0.15) is 0 Å². The van der Waals surface area contributed by atoms with Crippen molar-refractivity contribution >= 4 is 27.9 Å². The van der Waals surface area contributed by atoms with Gasteiger partial charge in [0.05, 0.1) is 12.1 Å². The maximum atomic E-state index is 12.2. The second kappa shape index (κ2) is 7.04. The molecular weight excluding hydrogens is 318 g/mol. The van der Waals surface area contributed by atoms with Crippen molar-refractivity contribution in [3.8, 4) is 0 Å². The second-order valence-electron chi connectivity index (χ2n) is 5.26. The number of nitrogens with zero attached hydrogens (tertiary/aromatic N) is 1. The first-order valence-electron chi connectivity index (χ1n) is 6.96. The molecule has 1 aromatic rings. The second-order valence-corrected chi connectivity index (χ2v) is 6.17. The lowest BCUT2D eigenvalue weighted by molar-refractivity contribution is -0.130. The first kappa shape index (κ1) is 15.3. The van der Waals surface area contributed by atoms with Crippen molar-refractivity contribution in [3.63, 3.8) is 0 Å². The van der Waals surface area contributed by atoms with E-state index in [1.165, 1.54) is 0 Å². The fraction of sp³-hybridized carbons (Fsp3) is 0.438. The maximum absolute atomic E-state index is 12.2. The molecule has 1 saturated carbocycles. The summed E-state index contributed by atoms with van der Waals surface area (Å²) in [6.45, 7) is 0. The Kier molecular flexibility index (Phi) is 5.38. The number of amides is 1. The Morgan fingerprint density at radius 2 is 2.15 bits per heavy atom. The lowest BCUT2D eigenvalue weighted by Crippen LogP contribution is -2.45. The molecule has 2 atom stereocenters. The molecule has 1 aliphatic rings. The summed E-state index contributed by atoms with van der Waals surface area (Å²) in [7, 11) is 1.77. The van der Waals surface area contributed by atoms with E-state index < -0.39 is 6.10 Å². The van der Waals surface area contributed by atoms with E-state index in [1.807, 2.05) is 24.3 Å². The zero-order valence-electron chi connectivity index (χ0n) is 11.6. The van der Waals surface area contributed by atoms with E-state index in [1.54, 1.807) is 24.1 Å². The Labute approximate surface area is 128 Å². The fourth-order valence-corrected chi connectivity index (χ4v) is 3.02. The number of likely N-dealkylation sites (N-methyl/N-ethyl adjacent to an activating group) is 1. The van der Waals surface area contributed by atoms with Crippen molar-refractivity contribution in [2.45, 2.75) is 37.8 Å². The number of hydrogen-bond donors (Lipinski definition) is 1. The molecule has 1 N–H and O–H groups in total. The summed E-state index contributed by atoms with van der Waals surface area (Å²) in [5, 5.41) is 9.99. The molecule has 2 unspecified atom stereocenters. The minimum absolute atomic E-state index is 0.0524. The summed E-state index contributed by atoms with van der Waals surface area (Å²) in [6.07, 6.45) is 6.78. The van der Waals surface area contributed by atoms with Crippen LogP contribution in [0, 0.1) is 0 Å². The SMILES string of the molecule is CN(C(=O)/C=C/c1cccc(Br)c1)C1CCCCC1O. The van der Waals surface area contributed by atoms with Crippen LogP contribution in [0.1, 0.15) is 31.2 Å². The van der Waals surface area contributed by atoms with Crippen molar-refractivity contribution < 1.29 is 9.90 Å². The molecule has 0 aliphatic heterocycles. The molecule has 0 saturated heterocycles. The fourth-order valence-electron chi connectivity index (χ4n) is 2.60. The molecule has 1 aromatic carbocycles. The lowest BCUT2D eigenvalue weighted by atomic mass is 9.91. The van der Waals surface area contributed by atoms with Crippen molar-refractivity contribution in [2.24, 2.45) is 0 Å². The highest BCUT2D eigenvalue weighted by atomic mass is 79.9. The molecular formula is C16H20BrNO2. The molecule has 2 rings (SSSR count). The van der Waals surface area contributed by atoms with Crippen molar-refractivity contribution in [2.75, 3.05) is 7.05 Å². The number of aliphatic hydroxyl groups is 1. The number of carbonyl (C=O) groups excluding carboxylic acids is 1. The zero-order chi connectivity index (χ0) is 14.5. The monoisotopic (exact) mass is 337 g/mol. The van der Waals surface area contributed by atoms with Gasteiger partial charge in [0.25, 0.3) is 0 Å². The summed E-state index contributed by atoms with van der Waals surface area (Å²) in [5.74, 6) is -0.0593. The molecule has 1 aliphatic carbocycles. The predicted molar refractivity (Wildman–Crippen MR) is 84.2 cm³/mol. The third kappa shape index (κ3) is 3.93. The molecule has 1 fully saturated rings. The average molecular weight is 338 g/mol. The lowest BCUT2D eigenvalue weighted by Gasteiger charge is -2.34. The van der Waals surface area contributed by atoms with E-state index in [4.69, 9.17) is 0 Å². The molecule has 0 radical (unpaired) electrons. The van der Waals surface area contributed by atoms with Gasteiger partial charge in [0.2, 0.25) is 5.91 Å². The molecule has 108 valence electrons. The largest absolute Gasteiger partial charge is 0.391 e. The standard InChI is InChI=1S/C16H20BrNO2/c1-18(14-7-2-3-8-15(14)19)16(20)10-9-12-5-4-6-13(17)11-12/h4-6,9-11,14-15,19H,2-3,7-8H2,1H3/b10-9+. The normalized spacial score (nSPS) is 22.9. The Bertz CT molecular complexity index is 501. The number of benzene rings is 1. The Morgan fingerprint density at radius 3 is 2.85 bits per heavy atom. The van der Waals surface area contributed by atoms with Gasteiger partial charge in [-0.15, -0.1) is 0 Å². The summed E-state index contributed by atoms with van der Waals surface area (Å²) in [6, 6.07) is 7.74. The zero-order valence-corrected chi connectivity index (χ0v) is 13.2. The van der Waals surface area contributed by atoms with Crippen molar-refractivity contribution in [1.82, 2.24) is 4.90 Å². The van der Waals surface area contributed by atoms with Crippen molar-refractivity contribution in [3.05, 3.63) is 40.4 Å². The molecule has 1 amide bonds. The van der Waals surface area contributed by atoms with Crippen LogP contribution >= 0.6 is 15.9 Å². The third-order valence-corrected chi connectivity index (χ3v) is 4.30. The maximum Gasteiger partial charge on any atom is 0.246 e. The molecule has 4 heteroatoms. The van der Waals surface area contributed by atoms with Crippen LogP contribution in [0.4, 0.5) is 0 Å². The number of rotatable bonds is 3. The van der Waals surface area contributed by atoms with E-state index in [0.29, 0.717) is 0 Å². The van der Waals surface area contributed by atoms with E-state index in [2.05, 4.69) is 15.9 Å². The number of hydrogen-bond acceptors (Lipinski definition) is 2.